The number of hydrogen-bond donors (Lipinski definition) is 5. The van der Waals surface area contributed by atoms with Crippen molar-refractivity contribution < 1.29 is 120 Å². The number of benzene rings is 15. The van der Waals surface area contributed by atoms with Crippen LogP contribution in [0.4, 0.5) is 0 Å². The first-order valence-corrected chi connectivity index (χ1v) is 55.2. The highest BCUT2D eigenvalue weighted by molar-refractivity contribution is 7.97. The molecule has 0 aromatic heterocycles. The van der Waals surface area contributed by atoms with Crippen molar-refractivity contribution in [3.8, 4) is 0 Å². The Bertz CT molecular complexity index is 4830. The van der Waals surface area contributed by atoms with E-state index >= 15 is 0 Å². The Kier molecular flexibility index (Phi) is 47.9. The molecule has 0 aliphatic rings. The topological polar surface area (TPSA) is 101 Å². The van der Waals surface area contributed by atoms with Crippen molar-refractivity contribution in [2.45, 2.75) is 123 Å². The van der Waals surface area contributed by atoms with Gasteiger partial charge in [0.2, 0.25) is 0 Å². The van der Waals surface area contributed by atoms with Crippen molar-refractivity contribution in [3.63, 3.8) is 0 Å². The van der Waals surface area contributed by atoms with E-state index in [1.54, 1.807) is 0 Å². The fraction of sp³-hybridized carbons (Fsp3) is 0.237. The van der Waals surface area contributed by atoms with Crippen molar-refractivity contribution in [3.05, 3.63) is 447 Å². The van der Waals surface area contributed by atoms with Gasteiger partial charge in [-0.25, -0.2) is 0 Å². The van der Waals surface area contributed by atoms with Gasteiger partial charge in [-0.3, -0.25) is 0 Å². The Labute approximate surface area is 861 Å². The zero-order valence-corrected chi connectivity index (χ0v) is 92.9. The van der Waals surface area contributed by atoms with Crippen molar-refractivity contribution in [2.75, 3.05) is 63.8 Å². The molecule has 0 saturated heterocycles. The first kappa shape index (κ1) is 115. The Hall–Kier alpha value is -7.04. The smallest absolute Gasteiger partial charge is 0.114 e. The molecule has 5 N–H and O–H groups in total. The molecular weight excluding hydrogens is 2100 g/mol. The number of halogens is 5. The van der Waals surface area contributed by atoms with E-state index in [-0.39, 0.29) is 127 Å². The molecule has 0 bridgehead atoms. The van der Waals surface area contributed by atoms with Crippen LogP contribution in [-0.4, -0.2) is 89.4 Å². The lowest BCUT2D eigenvalue weighted by atomic mass is 10.2. The van der Waals surface area contributed by atoms with Crippen molar-refractivity contribution >= 4 is 116 Å². The van der Waals surface area contributed by atoms with Gasteiger partial charge in [0.05, 0.1) is 44.0 Å². The Morgan fingerprint density at radius 2 is 0.211 bits per heavy atom. The van der Waals surface area contributed by atoms with Gasteiger partial charge in [-0.05, 0) is 286 Å². The van der Waals surface area contributed by atoms with E-state index < -0.39 is 36.3 Å². The quantitative estimate of drug-likeness (QED) is 0.0322. The summed E-state index contributed by atoms with van der Waals surface area (Å²) < 4.78 is 0. The normalized spacial score (nSPS) is 11.1. The maximum atomic E-state index is 9.98. The third-order valence-corrected chi connectivity index (χ3v) is 47.3. The summed E-state index contributed by atoms with van der Waals surface area (Å²) in [7, 11) is -9.09. The van der Waals surface area contributed by atoms with Crippen LogP contribution in [0.15, 0.2) is 364 Å². The largest absolute Gasteiger partial charge is 1.00 e. The molecule has 0 aliphatic carbocycles. The van der Waals surface area contributed by atoms with Crippen LogP contribution in [-0.2, 0) is 0 Å². The summed E-state index contributed by atoms with van der Waals surface area (Å²) >= 11 is 0. The van der Waals surface area contributed by atoms with Crippen LogP contribution in [0.25, 0.3) is 0 Å². The molecule has 0 unspecified atom stereocenters. The van der Waals surface area contributed by atoms with E-state index in [0.717, 1.165) is 50.1 Å². The van der Waals surface area contributed by atoms with Gasteiger partial charge in [-0.15, -0.1) is 0 Å². The minimum absolute atomic E-state index is 0. The zero-order valence-electron chi connectivity index (χ0n) is 80.2. The van der Waals surface area contributed by atoms with Crippen LogP contribution >= 0.6 is 36.3 Å². The van der Waals surface area contributed by atoms with Crippen LogP contribution in [0, 0.1) is 104 Å². The predicted octanol–water partition coefficient (Wildman–Crippen LogP) is 5.68. The number of rotatable bonds is 28. The number of aliphatic hydroxyl groups excluding tert-OH is 5. The summed E-state index contributed by atoms with van der Waals surface area (Å²) in [5.74, 6) is 0. The van der Waals surface area contributed by atoms with Gasteiger partial charge < -0.3 is 120 Å². The number of aryl methyl sites for hydroxylation is 15. The fourth-order valence-electron chi connectivity index (χ4n) is 17.4. The summed E-state index contributed by atoms with van der Waals surface area (Å²) in [6.07, 6.45) is 6.91. The second-order valence-corrected chi connectivity index (χ2v) is 53.0. The SMILES string of the molecule is Cc1ccc([P+](CCCO)(c2ccc(C)cc2)c2ccc(C)cc2)cc1.Cc1ccc([P+](CCCO)(c2ccc(C)cc2)c2ccc(C)cc2)cc1.Cc1ccc([P+](CCCO)(c2ccc(C)cc2)c2ccc(C)cc2)cc1.Cc1ccc([P+](CCO)(c2ccc(C)cc2)c2ccc(C)cc2)cc1.Cc1ccc([P+](CCO)(c2ccc(C)cc2)c2ccc(C)cc2)cc1.[Br-].[Br-].[Cl-].[I-].[I-]. The second-order valence-electron chi connectivity index (χ2n) is 34.9. The first-order chi connectivity index (χ1) is 61.8. The molecule has 15 rings (SSSR count). The summed E-state index contributed by atoms with van der Waals surface area (Å²) in [6, 6.07) is 134. The molecule has 0 atom stereocenters. The maximum Gasteiger partial charge on any atom is 0.114 e. The van der Waals surface area contributed by atoms with Crippen LogP contribution < -0.4 is 174 Å². The van der Waals surface area contributed by atoms with E-state index in [4.69, 9.17) is 0 Å². The summed E-state index contributed by atoms with van der Waals surface area (Å²) in [4.78, 5) is 0. The average Bonchev–Trinajstić information content (AvgIpc) is 0.773. The highest BCUT2D eigenvalue weighted by Crippen LogP contribution is 2.60. The molecule has 15 heteroatoms. The molecule has 15 aromatic rings. The van der Waals surface area contributed by atoms with Gasteiger partial charge in [0, 0.05) is 39.1 Å². The molecule has 0 amide bonds. The monoisotopic (exact) mass is 2230 g/mol. The zero-order chi connectivity index (χ0) is 91.4. The van der Waals surface area contributed by atoms with E-state index in [1.165, 1.54) is 163 Å². The number of hydrogen-bond acceptors (Lipinski definition) is 5. The minimum atomic E-state index is -1.86. The molecule has 133 heavy (non-hydrogen) atoms. The molecule has 5 nitrogen and oxygen atoms in total. The maximum absolute atomic E-state index is 9.98. The molecule has 698 valence electrons. The molecule has 0 saturated carbocycles. The first-order valence-electron chi connectivity index (χ1n) is 45.3. The lowest BCUT2D eigenvalue weighted by molar-refractivity contribution is -0.00100. The Morgan fingerprint density at radius 1 is 0.135 bits per heavy atom. The van der Waals surface area contributed by atoms with E-state index in [2.05, 4.69) is 468 Å². The Balaban J connectivity index is 0.000000253. The van der Waals surface area contributed by atoms with Crippen LogP contribution in [0.3, 0.4) is 0 Å². The van der Waals surface area contributed by atoms with E-state index in [9.17, 15) is 25.5 Å². The average molecular weight is 2240 g/mol. The minimum Gasteiger partial charge on any atom is -1.00 e. The highest BCUT2D eigenvalue weighted by atomic mass is 127. The van der Waals surface area contributed by atoms with Crippen molar-refractivity contribution in [2.24, 2.45) is 0 Å². The fourth-order valence-corrected chi connectivity index (χ4v) is 38.0. The summed E-state index contributed by atoms with van der Waals surface area (Å²) in [5, 5.41) is 69.4. The van der Waals surface area contributed by atoms with Crippen LogP contribution in [0.5, 0.6) is 0 Å². The van der Waals surface area contributed by atoms with Gasteiger partial charge in [-0.1, -0.05) is 265 Å². The molecule has 15 aromatic carbocycles. The second kappa shape index (κ2) is 55.5. The summed E-state index contributed by atoms with van der Waals surface area (Å²) in [6.45, 7) is 33.0. The van der Waals surface area contributed by atoms with Gasteiger partial charge in [0.25, 0.3) is 0 Å². The van der Waals surface area contributed by atoms with E-state index in [1.807, 2.05) is 0 Å². The van der Waals surface area contributed by atoms with Gasteiger partial charge in [0.15, 0.2) is 0 Å². The van der Waals surface area contributed by atoms with Crippen LogP contribution in [0.2, 0.25) is 0 Å². The van der Waals surface area contributed by atoms with Crippen molar-refractivity contribution in [1.82, 2.24) is 0 Å². The predicted molar refractivity (Wildman–Crippen MR) is 570 cm³/mol. The van der Waals surface area contributed by atoms with E-state index in [0.29, 0.717) is 0 Å². The van der Waals surface area contributed by atoms with Crippen LogP contribution in [0.1, 0.15) is 103 Å². The molecule has 0 spiro atoms. The number of aliphatic hydroxyl groups is 5. The lowest BCUT2D eigenvalue weighted by Crippen LogP contribution is -3.00. The molecular formula is C118H136Br2ClI2O5P5. The lowest BCUT2D eigenvalue weighted by Gasteiger charge is -2.28. The third-order valence-electron chi connectivity index (χ3n) is 24.9. The van der Waals surface area contributed by atoms with Crippen molar-refractivity contribution in [1.29, 1.82) is 0 Å². The molecule has 0 heterocycles. The molecule has 0 radical (unpaired) electrons. The Morgan fingerprint density at radius 3 is 0.278 bits per heavy atom. The molecule has 0 aliphatic heterocycles. The third kappa shape index (κ3) is 28.8. The highest BCUT2D eigenvalue weighted by Gasteiger charge is 2.50. The van der Waals surface area contributed by atoms with Gasteiger partial charge in [-0.2, -0.15) is 0 Å². The standard InChI is InChI=1S/3C24H28OP.2C23H26OP.2BrH.ClH.2HI/c3*1-19-5-11-22(12-6-19)26(18-4-17-25,23-13-7-20(2)8-14-23)24-15-9-21(3)10-16-24;2*1-18-4-10-21(11-5-18)25(17-16-24,22-12-6-19(2)7-13-22)23-14-8-20(3)9-15-23;;;;;/h3*5-16,25H,4,17-18H2,1-3H3;2*4-15,24H,16-17H2,1-3H3;5*1H/q5*+1;;;;;/p-5. The molecule has 0 fully saturated rings. The summed E-state index contributed by atoms with van der Waals surface area (Å²) in [5.41, 5.74) is 19.1. The van der Waals surface area contributed by atoms with Gasteiger partial charge in [0.1, 0.15) is 116 Å². The van der Waals surface area contributed by atoms with Gasteiger partial charge >= 0.3 is 0 Å².